The number of rotatable bonds is 3. The smallest absolute Gasteiger partial charge is 0.330 e. The SMILES string of the molecule is NCC1(c2cccc(CC(F)(F)F)c2)CCC1. The summed E-state index contributed by atoms with van der Waals surface area (Å²) in [5.74, 6) is 0. The Balaban J connectivity index is 2.22. The van der Waals surface area contributed by atoms with Gasteiger partial charge >= 0.3 is 6.18 Å². The Hall–Kier alpha value is -1.03. The summed E-state index contributed by atoms with van der Waals surface area (Å²) >= 11 is 0. The monoisotopic (exact) mass is 243 g/mol. The topological polar surface area (TPSA) is 26.0 Å². The van der Waals surface area contributed by atoms with Gasteiger partial charge in [0.2, 0.25) is 0 Å². The van der Waals surface area contributed by atoms with Crippen LogP contribution in [-0.4, -0.2) is 12.7 Å². The van der Waals surface area contributed by atoms with E-state index in [-0.39, 0.29) is 5.41 Å². The van der Waals surface area contributed by atoms with Gasteiger partial charge in [-0.05, 0) is 24.0 Å². The highest BCUT2D eigenvalue weighted by atomic mass is 19.4. The quantitative estimate of drug-likeness (QED) is 0.867. The van der Waals surface area contributed by atoms with Crippen molar-refractivity contribution in [3.05, 3.63) is 35.4 Å². The standard InChI is InChI=1S/C13H16F3N/c14-13(15,16)8-10-3-1-4-11(7-10)12(9-17)5-2-6-12/h1,3-4,7H,2,5-6,8-9,17H2. The third kappa shape index (κ3) is 2.63. The molecule has 0 radical (unpaired) electrons. The summed E-state index contributed by atoms with van der Waals surface area (Å²) in [6.45, 7) is 0.516. The summed E-state index contributed by atoms with van der Waals surface area (Å²) in [6.07, 6.45) is -1.92. The molecule has 0 bridgehead atoms. The maximum Gasteiger partial charge on any atom is 0.393 e. The highest BCUT2D eigenvalue weighted by molar-refractivity contribution is 5.33. The zero-order valence-corrected chi connectivity index (χ0v) is 9.56. The van der Waals surface area contributed by atoms with Crippen molar-refractivity contribution in [2.75, 3.05) is 6.54 Å². The highest BCUT2D eigenvalue weighted by Gasteiger charge is 2.37. The van der Waals surface area contributed by atoms with Crippen molar-refractivity contribution < 1.29 is 13.2 Å². The molecular formula is C13H16F3N. The minimum Gasteiger partial charge on any atom is -0.330 e. The molecule has 0 aromatic heterocycles. The molecule has 4 heteroatoms. The highest BCUT2D eigenvalue weighted by Crippen LogP contribution is 2.43. The van der Waals surface area contributed by atoms with Crippen LogP contribution in [0.4, 0.5) is 13.2 Å². The molecule has 1 aliphatic carbocycles. The van der Waals surface area contributed by atoms with Crippen molar-refractivity contribution in [3.63, 3.8) is 0 Å². The Kier molecular flexibility index (Phi) is 3.17. The largest absolute Gasteiger partial charge is 0.393 e. The molecule has 94 valence electrons. The number of alkyl halides is 3. The van der Waals surface area contributed by atoms with E-state index in [0.717, 1.165) is 24.8 Å². The van der Waals surface area contributed by atoms with Crippen molar-refractivity contribution in [1.29, 1.82) is 0 Å². The molecule has 2 rings (SSSR count). The molecule has 0 unspecified atom stereocenters. The van der Waals surface area contributed by atoms with E-state index in [9.17, 15) is 13.2 Å². The lowest BCUT2D eigenvalue weighted by Crippen LogP contribution is -2.41. The molecule has 1 aromatic carbocycles. The van der Waals surface area contributed by atoms with Gasteiger partial charge in [-0.3, -0.25) is 0 Å². The van der Waals surface area contributed by atoms with E-state index in [1.54, 1.807) is 12.1 Å². The van der Waals surface area contributed by atoms with Crippen molar-refractivity contribution in [3.8, 4) is 0 Å². The summed E-state index contributed by atoms with van der Waals surface area (Å²) in [6, 6.07) is 6.79. The molecule has 1 aliphatic rings. The maximum atomic E-state index is 12.3. The summed E-state index contributed by atoms with van der Waals surface area (Å²) in [5, 5.41) is 0. The van der Waals surface area contributed by atoms with E-state index in [4.69, 9.17) is 5.73 Å². The first-order valence-electron chi connectivity index (χ1n) is 5.81. The summed E-state index contributed by atoms with van der Waals surface area (Å²) in [7, 11) is 0. The van der Waals surface area contributed by atoms with Crippen LogP contribution in [0.1, 0.15) is 30.4 Å². The van der Waals surface area contributed by atoms with Gasteiger partial charge in [-0.1, -0.05) is 30.7 Å². The van der Waals surface area contributed by atoms with Crippen LogP contribution in [0.5, 0.6) is 0 Å². The van der Waals surface area contributed by atoms with E-state index in [1.165, 1.54) is 6.07 Å². The molecule has 1 saturated carbocycles. The van der Waals surface area contributed by atoms with Crippen molar-refractivity contribution >= 4 is 0 Å². The predicted octanol–water partition coefficient (Wildman–Crippen LogP) is 3.17. The molecule has 0 atom stereocenters. The third-order valence-electron chi connectivity index (χ3n) is 3.65. The Labute approximate surface area is 98.8 Å². The van der Waals surface area contributed by atoms with Gasteiger partial charge in [-0.2, -0.15) is 13.2 Å². The molecule has 1 nitrogen and oxygen atoms in total. The number of benzene rings is 1. The van der Waals surface area contributed by atoms with E-state index >= 15 is 0 Å². The predicted molar refractivity (Wildman–Crippen MR) is 60.8 cm³/mol. The summed E-state index contributed by atoms with van der Waals surface area (Å²) in [4.78, 5) is 0. The van der Waals surface area contributed by atoms with Crippen molar-refractivity contribution in [1.82, 2.24) is 0 Å². The molecule has 0 aliphatic heterocycles. The maximum absolute atomic E-state index is 12.3. The number of hydrogen-bond acceptors (Lipinski definition) is 1. The summed E-state index contributed by atoms with van der Waals surface area (Å²) < 4.78 is 37.0. The molecule has 17 heavy (non-hydrogen) atoms. The van der Waals surface area contributed by atoms with Gasteiger partial charge in [0.15, 0.2) is 0 Å². The number of nitrogens with two attached hydrogens (primary N) is 1. The average molecular weight is 243 g/mol. The second-order valence-electron chi connectivity index (χ2n) is 4.83. The van der Waals surface area contributed by atoms with Crippen LogP contribution in [0.2, 0.25) is 0 Å². The molecular weight excluding hydrogens is 227 g/mol. The van der Waals surface area contributed by atoms with Crippen LogP contribution in [0, 0.1) is 0 Å². The van der Waals surface area contributed by atoms with Crippen LogP contribution in [0.3, 0.4) is 0 Å². The van der Waals surface area contributed by atoms with E-state index in [2.05, 4.69) is 0 Å². The first-order chi connectivity index (χ1) is 7.95. The summed E-state index contributed by atoms with van der Waals surface area (Å²) in [5.41, 5.74) is 6.98. The van der Waals surface area contributed by atoms with E-state index in [1.807, 2.05) is 6.07 Å². The van der Waals surface area contributed by atoms with E-state index in [0.29, 0.717) is 12.1 Å². The fraction of sp³-hybridized carbons (Fsp3) is 0.538. The van der Waals surface area contributed by atoms with Gasteiger partial charge in [-0.25, -0.2) is 0 Å². The first kappa shape index (κ1) is 12.4. The lowest BCUT2D eigenvalue weighted by atomic mass is 9.64. The van der Waals surface area contributed by atoms with Gasteiger partial charge in [0.05, 0.1) is 6.42 Å². The van der Waals surface area contributed by atoms with Gasteiger partial charge < -0.3 is 5.73 Å². The number of hydrogen-bond donors (Lipinski definition) is 1. The molecule has 2 N–H and O–H groups in total. The van der Waals surface area contributed by atoms with Gasteiger partial charge in [0, 0.05) is 12.0 Å². The Morgan fingerprint density at radius 2 is 1.94 bits per heavy atom. The fourth-order valence-electron chi connectivity index (χ4n) is 2.46. The van der Waals surface area contributed by atoms with Crippen LogP contribution in [0.15, 0.2) is 24.3 Å². The van der Waals surface area contributed by atoms with E-state index < -0.39 is 12.6 Å². The van der Waals surface area contributed by atoms with Crippen LogP contribution in [-0.2, 0) is 11.8 Å². The lowest BCUT2D eigenvalue weighted by Gasteiger charge is -2.41. The first-order valence-corrected chi connectivity index (χ1v) is 5.81. The zero-order chi connectivity index (χ0) is 12.5. The number of halogens is 3. The van der Waals surface area contributed by atoms with Crippen molar-refractivity contribution in [2.45, 2.75) is 37.3 Å². The molecule has 0 spiro atoms. The lowest BCUT2D eigenvalue weighted by molar-refractivity contribution is -0.127. The normalized spacial score (nSPS) is 18.8. The average Bonchev–Trinajstić information content (AvgIpc) is 2.14. The fourth-order valence-corrected chi connectivity index (χ4v) is 2.46. The molecule has 1 aromatic rings. The third-order valence-corrected chi connectivity index (χ3v) is 3.65. The Morgan fingerprint density at radius 3 is 2.41 bits per heavy atom. The Morgan fingerprint density at radius 1 is 1.24 bits per heavy atom. The Bertz CT molecular complexity index is 388. The van der Waals surface area contributed by atoms with Crippen LogP contribution < -0.4 is 5.73 Å². The second-order valence-corrected chi connectivity index (χ2v) is 4.83. The molecule has 0 saturated heterocycles. The molecule has 1 fully saturated rings. The van der Waals surface area contributed by atoms with Gasteiger partial charge in [-0.15, -0.1) is 0 Å². The van der Waals surface area contributed by atoms with Gasteiger partial charge in [0.1, 0.15) is 0 Å². The second kappa shape index (κ2) is 4.33. The zero-order valence-electron chi connectivity index (χ0n) is 9.56. The molecule has 0 amide bonds. The minimum absolute atomic E-state index is 0.0678. The van der Waals surface area contributed by atoms with Gasteiger partial charge in [0.25, 0.3) is 0 Å². The van der Waals surface area contributed by atoms with Crippen molar-refractivity contribution in [2.24, 2.45) is 5.73 Å². The molecule has 0 heterocycles. The van der Waals surface area contributed by atoms with Crippen LogP contribution >= 0.6 is 0 Å². The van der Waals surface area contributed by atoms with Crippen LogP contribution in [0.25, 0.3) is 0 Å². The minimum atomic E-state index is -4.14.